The van der Waals surface area contributed by atoms with Crippen molar-refractivity contribution in [3.8, 4) is 22.5 Å². The van der Waals surface area contributed by atoms with Crippen molar-refractivity contribution in [1.29, 1.82) is 0 Å². The van der Waals surface area contributed by atoms with Gasteiger partial charge < -0.3 is 10.6 Å². The highest BCUT2D eigenvalue weighted by molar-refractivity contribution is 6.33. The average molecular weight is 445 g/mol. The number of carbonyl (C=O) groups is 2. The lowest BCUT2D eigenvalue weighted by Crippen LogP contribution is -2.34. The topological polar surface area (TPSA) is 84.0 Å². The van der Waals surface area contributed by atoms with Crippen molar-refractivity contribution in [2.45, 2.75) is 26.3 Å². The van der Waals surface area contributed by atoms with Gasteiger partial charge in [-0.2, -0.15) is 0 Å². The lowest BCUT2D eigenvalue weighted by molar-refractivity contribution is -0.120. The van der Waals surface area contributed by atoms with Gasteiger partial charge in [-0.15, -0.1) is 0 Å². The van der Waals surface area contributed by atoms with Gasteiger partial charge in [0.15, 0.2) is 5.78 Å². The summed E-state index contributed by atoms with van der Waals surface area (Å²) in [6.07, 6.45) is 0.385. The van der Waals surface area contributed by atoms with Crippen molar-refractivity contribution in [3.05, 3.63) is 59.9 Å². The van der Waals surface area contributed by atoms with Crippen LogP contribution in [-0.4, -0.2) is 34.1 Å². The molecule has 0 saturated carbocycles. The van der Waals surface area contributed by atoms with Crippen LogP contribution < -0.4 is 10.6 Å². The number of nitrogens with zero attached hydrogens (tertiary/aromatic N) is 2. The smallest absolute Gasteiger partial charge is 0.265 e. The summed E-state index contributed by atoms with van der Waals surface area (Å²) in [6.45, 7) is 2.51. The van der Waals surface area contributed by atoms with Crippen LogP contribution in [0.2, 0.25) is 5.02 Å². The number of nitrogens with one attached hydrogen (secondary N) is 2. The Labute approximate surface area is 182 Å². The second kappa shape index (κ2) is 9.61. The largest absolute Gasteiger partial charge is 0.369 e. The van der Waals surface area contributed by atoms with Crippen molar-refractivity contribution >= 4 is 34.7 Å². The van der Waals surface area contributed by atoms with E-state index in [1.165, 1.54) is 13.0 Å². The Hall–Kier alpha value is -3.39. The number of pyridine rings is 2. The monoisotopic (exact) mass is 444 g/mol. The van der Waals surface area contributed by atoms with Crippen LogP contribution in [0.1, 0.15) is 13.8 Å². The second-order valence-corrected chi connectivity index (χ2v) is 7.18. The number of carbonyl (C=O) groups excluding carboxylic acids is 2. The molecule has 0 fully saturated rings. The van der Waals surface area contributed by atoms with Gasteiger partial charge in [-0.3, -0.25) is 19.6 Å². The van der Waals surface area contributed by atoms with E-state index in [-0.39, 0.29) is 16.6 Å². The van der Waals surface area contributed by atoms with Crippen molar-refractivity contribution in [1.82, 2.24) is 9.97 Å². The number of Topliss-reactive ketones (excluding diaryl/α,β-unsaturated/α-hetero) is 1. The van der Waals surface area contributed by atoms with E-state index in [2.05, 4.69) is 20.6 Å². The molecule has 9 heteroatoms. The third-order valence-electron chi connectivity index (χ3n) is 4.42. The van der Waals surface area contributed by atoms with Crippen LogP contribution in [0.4, 0.5) is 20.2 Å². The standard InChI is InChI=1S/C22H19ClF2N4O2/c1-12(30)20(22(24)25)29-18-8-5-14(10-16(18)23)17-7-6-15(11-27-17)21-19(28-13(2)31)4-3-9-26-21/h3-11,20,22,29H,1-2H3,(H,28,31). The van der Waals surface area contributed by atoms with Crippen LogP contribution in [0.3, 0.4) is 0 Å². The predicted octanol–water partition coefficient (Wildman–Crippen LogP) is 5.06. The zero-order valence-corrected chi connectivity index (χ0v) is 17.5. The van der Waals surface area contributed by atoms with Crippen molar-refractivity contribution < 1.29 is 18.4 Å². The maximum atomic E-state index is 13.0. The van der Waals surface area contributed by atoms with E-state index in [9.17, 15) is 18.4 Å². The van der Waals surface area contributed by atoms with Gasteiger partial charge in [0.1, 0.15) is 6.04 Å². The molecule has 0 spiro atoms. The van der Waals surface area contributed by atoms with Crippen LogP contribution in [0, 0.1) is 0 Å². The maximum Gasteiger partial charge on any atom is 0.265 e. The molecule has 0 aliphatic carbocycles. The first-order valence-electron chi connectivity index (χ1n) is 9.30. The lowest BCUT2D eigenvalue weighted by Gasteiger charge is -2.17. The Morgan fingerprint density at radius 2 is 1.74 bits per heavy atom. The molecule has 0 bridgehead atoms. The number of benzene rings is 1. The maximum absolute atomic E-state index is 13.0. The number of alkyl halides is 2. The number of rotatable bonds is 7. The van der Waals surface area contributed by atoms with Gasteiger partial charge >= 0.3 is 0 Å². The normalized spacial score (nSPS) is 11.8. The van der Waals surface area contributed by atoms with E-state index in [1.54, 1.807) is 48.8 Å². The van der Waals surface area contributed by atoms with Gasteiger partial charge in [-0.25, -0.2) is 8.78 Å². The Morgan fingerprint density at radius 1 is 1.00 bits per heavy atom. The highest BCUT2D eigenvalue weighted by Crippen LogP contribution is 2.31. The lowest BCUT2D eigenvalue weighted by atomic mass is 10.1. The van der Waals surface area contributed by atoms with E-state index in [1.807, 2.05) is 0 Å². The minimum atomic E-state index is -2.85. The number of halogens is 3. The summed E-state index contributed by atoms with van der Waals surface area (Å²) in [5.74, 6) is -0.887. The van der Waals surface area contributed by atoms with Gasteiger partial charge in [0.2, 0.25) is 5.91 Å². The van der Waals surface area contributed by atoms with E-state index in [4.69, 9.17) is 11.6 Å². The molecule has 1 aromatic carbocycles. The van der Waals surface area contributed by atoms with E-state index in [0.29, 0.717) is 28.2 Å². The Morgan fingerprint density at radius 3 is 2.32 bits per heavy atom. The molecule has 2 aromatic heterocycles. The van der Waals surface area contributed by atoms with Gasteiger partial charge in [0.05, 0.1) is 27.8 Å². The molecule has 0 aliphatic rings. The minimum Gasteiger partial charge on any atom is -0.369 e. The summed E-state index contributed by atoms with van der Waals surface area (Å²) >= 11 is 6.23. The number of hydrogen-bond acceptors (Lipinski definition) is 5. The van der Waals surface area contributed by atoms with E-state index >= 15 is 0 Å². The fourth-order valence-electron chi connectivity index (χ4n) is 2.93. The Bertz CT molecular complexity index is 1110. The Balaban J connectivity index is 1.85. The fourth-order valence-corrected chi connectivity index (χ4v) is 3.17. The predicted molar refractivity (Wildman–Crippen MR) is 116 cm³/mol. The number of hydrogen-bond donors (Lipinski definition) is 2. The summed E-state index contributed by atoms with van der Waals surface area (Å²) < 4.78 is 26.0. The van der Waals surface area contributed by atoms with Crippen molar-refractivity contribution in [3.63, 3.8) is 0 Å². The summed E-state index contributed by atoms with van der Waals surface area (Å²) in [5, 5.41) is 5.40. The van der Waals surface area contributed by atoms with Crippen LogP contribution in [-0.2, 0) is 9.59 Å². The third kappa shape index (κ3) is 5.40. The van der Waals surface area contributed by atoms with Gasteiger partial charge in [0, 0.05) is 30.4 Å². The van der Waals surface area contributed by atoms with Gasteiger partial charge in [-0.1, -0.05) is 17.7 Å². The minimum absolute atomic E-state index is 0.188. The summed E-state index contributed by atoms with van der Waals surface area (Å²) in [4.78, 5) is 31.5. The van der Waals surface area contributed by atoms with E-state index < -0.39 is 18.3 Å². The molecule has 0 aliphatic heterocycles. The molecule has 1 unspecified atom stereocenters. The molecule has 160 valence electrons. The van der Waals surface area contributed by atoms with Crippen LogP contribution in [0.15, 0.2) is 54.9 Å². The van der Waals surface area contributed by atoms with Crippen LogP contribution in [0.5, 0.6) is 0 Å². The molecule has 1 amide bonds. The Kier molecular flexibility index (Phi) is 6.91. The molecule has 0 radical (unpaired) electrons. The van der Waals surface area contributed by atoms with E-state index in [0.717, 1.165) is 6.92 Å². The number of amides is 1. The third-order valence-corrected chi connectivity index (χ3v) is 4.73. The first-order valence-corrected chi connectivity index (χ1v) is 9.68. The first-order chi connectivity index (χ1) is 14.8. The van der Waals surface area contributed by atoms with Gasteiger partial charge in [0.25, 0.3) is 6.43 Å². The number of anilines is 2. The molecular formula is C22H19ClF2N4O2. The van der Waals surface area contributed by atoms with Crippen molar-refractivity contribution in [2.24, 2.45) is 0 Å². The molecule has 31 heavy (non-hydrogen) atoms. The highest BCUT2D eigenvalue weighted by atomic mass is 35.5. The molecular weight excluding hydrogens is 426 g/mol. The summed E-state index contributed by atoms with van der Waals surface area (Å²) in [5.41, 5.74) is 3.36. The van der Waals surface area contributed by atoms with Crippen LogP contribution >= 0.6 is 11.6 Å². The SMILES string of the molecule is CC(=O)Nc1cccnc1-c1ccc(-c2ccc(NC(C(C)=O)C(F)F)c(Cl)c2)nc1. The summed E-state index contributed by atoms with van der Waals surface area (Å²) in [7, 11) is 0. The molecule has 2 heterocycles. The molecule has 6 nitrogen and oxygen atoms in total. The second-order valence-electron chi connectivity index (χ2n) is 6.77. The first kappa shape index (κ1) is 22.3. The fraction of sp³-hybridized carbons (Fsp3) is 0.182. The number of aromatic nitrogens is 2. The summed E-state index contributed by atoms with van der Waals surface area (Å²) in [6, 6.07) is 10.2. The zero-order valence-electron chi connectivity index (χ0n) is 16.7. The van der Waals surface area contributed by atoms with Crippen LogP contribution in [0.25, 0.3) is 22.5 Å². The molecule has 3 rings (SSSR count). The molecule has 1 atom stereocenters. The average Bonchev–Trinajstić information content (AvgIpc) is 2.72. The molecule has 3 aromatic rings. The van der Waals surface area contributed by atoms with Crippen molar-refractivity contribution in [2.75, 3.05) is 10.6 Å². The highest BCUT2D eigenvalue weighted by Gasteiger charge is 2.25. The molecule has 0 saturated heterocycles. The van der Waals surface area contributed by atoms with Gasteiger partial charge in [-0.05, 0) is 43.3 Å². The zero-order chi connectivity index (χ0) is 22.5. The number of ketones is 1. The quantitative estimate of drug-likeness (QED) is 0.532. The molecule has 2 N–H and O–H groups in total.